The predicted molar refractivity (Wildman–Crippen MR) is 165 cm³/mol. The number of aromatic hydroxyl groups is 1. The third kappa shape index (κ3) is 4.47. The summed E-state index contributed by atoms with van der Waals surface area (Å²) in [5, 5.41) is 16.9. The molecule has 0 aliphatic carbocycles. The van der Waals surface area contributed by atoms with Crippen molar-refractivity contribution in [2.24, 2.45) is 0 Å². The quantitative estimate of drug-likeness (QED) is 0.329. The van der Waals surface area contributed by atoms with Gasteiger partial charge in [0.05, 0.1) is 27.8 Å². The van der Waals surface area contributed by atoms with E-state index in [-0.39, 0.29) is 11.3 Å². The number of phenolic OH excluding ortho intramolecular Hbond substituents is 1. The zero-order chi connectivity index (χ0) is 29.3. The molecular formula is C34H35FN6O2. The molecule has 4 aliphatic heterocycles. The molecule has 0 spiro atoms. The molecule has 220 valence electrons. The summed E-state index contributed by atoms with van der Waals surface area (Å²) < 4.78 is 20.9. The summed E-state index contributed by atoms with van der Waals surface area (Å²) in [6.07, 6.45) is 9.84. The smallest absolute Gasteiger partial charge is 0.319 e. The number of aryl methyl sites for hydroxylation is 1. The molecule has 2 N–H and O–H groups in total. The lowest BCUT2D eigenvalue weighted by Crippen LogP contribution is -2.51. The first-order valence-corrected chi connectivity index (χ1v) is 15.3. The van der Waals surface area contributed by atoms with Gasteiger partial charge in [0.1, 0.15) is 24.3 Å². The molecule has 2 aromatic heterocycles. The molecule has 2 unspecified atom stereocenters. The van der Waals surface area contributed by atoms with Crippen LogP contribution in [0.2, 0.25) is 0 Å². The molecule has 2 bridgehead atoms. The number of terminal acetylenes is 1. The van der Waals surface area contributed by atoms with Crippen LogP contribution in [0.4, 0.5) is 10.2 Å². The molecule has 8 nitrogen and oxygen atoms in total. The van der Waals surface area contributed by atoms with Crippen molar-refractivity contribution in [3.05, 3.63) is 47.7 Å². The van der Waals surface area contributed by atoms with E-state index in [0.29, 0.717) is 43.4 Å². The van der Waals surface area contributed by atoms with Crippen LogP contribution in [-0.4, -0.2) is 81.5 Å². The zero-order valence-electron chi connectivity index (χ0n) is 24.3. The summed E-state index contributed by atoms with van der Waals surface area (Å²) in [4.78, 5) is 19.6. The van der Waals surface area contributed by atoms with Crippen LogP contribution < -0.4 is 15.0 Å². The van der Waals surface area contributed by atoms with Crippen molar-refractivity contribution in [3.8, 4) is 35.4 Å². The number of hydrogen-bond acceptors (Lipinski definition) is 8. The van der Waals surface area contributed by atoms with Crippen LogP contribution in [0, 0.1) is 19.3 Å². The van der Waals surface area contributed by atoms with Crippen LogP contribution in [0.3, 0.4) is 0 Å². The van der Waals surface area contributed by atoms with E-state index in [1.54, 1.807) is 12.1 Å². The van der Waals surface area contributed by atoms with E-state index < -0.39 is 6.17 Å². The Morgan fingerprint density at radius 3 is 2.77 bits per heavy atom. The number of nitrogens with zero attached hydrogens (tertiary/aromatic N) is 5. The van der Waals surface area contributed by atoms with E-state index in [9.17, 15) is 9.50 Å². The van der Waals surface area contributed by atoms with Crippen LogP contribution in [0.1, 0.15) is 43.4 Å². The van der Waals surface area contributed by atoms with E-state index in [2.05, 4.69) is 21.0 Å². The number of hydrogen-bond donors (Lipinski definition) is 2. The fourth-order valence-electron chi connectivity index (χ4n) is 8.08. The van der Waals surface area contributed by atoms with Gasteiger partial charge in [-0.25, -0.2) is 4.39 Å². The highest BCUT2D eigenvalue weighted by Crippen LogP contribution is 2.41. The molecule has 2 aromatic carbocycles. The molecule has 0 radical (unpaired) electrons. The van der Waals surface area contributed by atoms with E-state index in [4.69, 9.17) is 26.1 Å². The zero-order valence-corrected chi connectivity index (χ0v) is 24.3. The SMILES string of the molecule is C#Cc1cccc2cc(O)cc(-c3cc4nc(OC[C@@]56CCCN5C[C@H](F)C6)nc(N5CC6CCC(C5)N6)c4c(C)n3)c12. The molecular weight excluding hydrogens is 543 g/mol. The topological polar surface area (TPSA) is 86.6 Å². The van der Waals surface area contributed by atoms with Crippen molar-refractivity contribution < 1.29 is 14.2 Å². The van der Waals surface area contributed by atoms with Gasteiger partial charge in [0.15, 0.2) is 0 Å². The van der Waals surface area contributed by atoms with Gasteiger partial charge in [0.25, 0.3) is 0 Å². The van der Waals surface area contributed by atoms with Gasteiger partial charge >= 0.3 is 6.01 Å². The van der Waals surface area contributed by atoms with Gasteiger partial charge in [-0.15, -0.1) is 6.42 Å². The van der Waals surface area contributed by atoms with E-state index in [1.807, 2.05) is 31.2 Å². The minimum atomic E-state index is -0.824. The van der Waals surface area contributed by atoms with Gasteiger partial charge in [-0.05, 0) is 68.8 Å². The number of phenols is 1. The van der Waals surface area contributed by atoms with Crippen LogP contribution in [0.25, 0.3) is 32.9 Å². The summed E-state index contributed by atoms with van der Waals surface area (Å²) in [6, 6.07) is 12.3. The largest absolute Gasteiger partial charge is 0.508 e. The minimum absolute atomic E-state index is 0.142. The Bertz CT molecular complexity index is 1790. The molecule has 8 rings (SSSR count). The van der Waals surface area contributed by atoms with Gasteiger partial charge in [-0.3, -0.25) is 9.88 Å². The van der Waals surface area contributed by atoms with Crippen molar-refractivity contribution in [2.75, 3.05) is 37.7 Å². The number of ether oxygens (including phenoxy) is 1. The first-order valence-electron chi connectivity index (χ1n) is 15.3. The highest BCUT2D eigenvalue weighted by Gasteiger charge is 2.49. The maximum Gasteiger partial charge on any atom is 0.319 e. The Kier molecular flexibility index (Phi) is 6.21. The maximum absolute atomic E-state index is 14.5. The van der Waals surface area contributed by atoms with Crippen LogP contribution in [-0.2, 0) is 0 Å². The van der Waals surface area contributed by atoms with Crippen molar-refractivity contribution >= 4 is 27.5 Å². The number of anilines is 1. The number of pyridine rings is 1. The third-order valence-electron chi connectivity index (χ3n) is 9.96. The van der Waals surface area contributed by atoms with Crippen molar-refractivity contribution in [1.29, 1.82) is 0 Å². The minimum Gasteiger partial charge on any atom is -0.508 e. The van der Waals surface area contributed by atoms with Gasteiger partial charge in [0, 0.05) is 54.7 Å². The molecule has 0 amide bonds. The molecule has 0 saturated carbocycles. The Labute approximate surface area is 250 Å². The Hall–Kier alpha value is -4.00. The molecule has 4 atom stereocenters. The normalized spacial score (nSPS) is 26.7. The predicted octanol–water partition coefficient (Wildman–Crippen LogP) is 4.74. The third-order valence-corrected chi connectivity index (χ3v) is 9.96. The van der Waals surface area contributed by atoms with Crippen molar-refractivity contribution in [2.45, 2.75) is 62.8 Å². The molecule has 6 heterocycles. The van der Waals surface area contributed by atoms with Crippen LogP contribution >= 0.6 is 0 Å². The second kappa shape index (κ2) is 10.0. The summed E-state index contributed by atoms with van der Waals surface area (Å²) in [7, 11) is 0. The molecule has 4 aromatic rings. The summed E-state index contributed by atoms with van der Waals surface area (Å²) in [5.41, 5.74) is 3.37. The fourth-order valence-corrected chi connectivity index (χ4v) is 8.08. The lowest BCUT2D eigenvalue weighted by atomic mass is 9.95. The molecule has 4 fully saturated rings. The monoisotopic (exact) mass is 578 g/mol. The average molecular weight is 579 g/mol. The number of piperazine rings is 1. The first kappa shape index (κ1) is 26.6. The second-order valence-corrected chi connectivity index (χ2v) is 12.8. The number of rotatable bonds is 5. The average Bonchev–Trinajstić information content (AvgIpc) is 3.64. The number of aromatic nitrogens is 3. The highest BCUT2D eigenvalue weighted by atomic mass is 19.1. The summed E-state index contributed by atoms with van der Waals surface area (Å²) in [6.45, 7) is 5.44. The highest BCUT2D eigenvalue weighted by molar-refractivity contribution is 6.03. The maximum atomic E-state index is 14.5. The van der Waals surface area contributed by atoms with Crippen molar-refractivity contribution in [1.82, 2.24) is 25.2 Å². The number of fused-ring (bicyclic) bond motifs is 5. The molecule has 9 heteroatoms. The van der Waals surface area contributed by atoms with Gasteiger partial charge in [0.2, 0.25) is 0 Å². The van der Waals surface area contributed by atoms with Crippen LogP contribution in [0.5, 0.6) is 11.8 Å². The summed E-state index contributed by atoms with van der Waals surface area (Å²) >= 11 is 0. The van der Waals surface area contributed by atoms with Crippen molar-refractivity contribution in [3.63, 3.8) is 0 Å². The molecule has 4 aliphatic rings. The Balaban J connectivity index is 1.26. The Morgan fingerprint density at radius 2 is 1.95 bits per heavy atom. The second-order valence-electron chi connectivity index (χ2n) is 12.8. The van der Waals surface area contributed by atoms with Crippen LogP contribution in [0.15, 0.2) is 36.4 Å². The van der Waals surface area contributed by atoms with Gasteiger partial charge in [-0.1, -0.05) is 18.1 Å². The lowest BCUT2D eigenvalue weighted by molar-refractivity contribution is 0.107. The molecule has 4 saturated heterocycles. The number of benzene rings is 2. The first-order chi connectivity index (χ1) is 20.9. The van der Waals surface area contributed by atoms with Gasteiger partial charge < -0.3 is 20.1 Å². The van der Waals surface area contributed by atoms with E-state index in [0.717, 1.165) is 89.6 Å². The summed E-state index contributed by atoms with van der Waals surface area (Å²) in [5.74, 6) is 3.76. The van der Waals surface area contributed by atoms with Gasteiger partial charge in [-0.2, -0.15) is 9.97 Å². The number of alkyl halides is 1. The lowest BCUT2D eigenvalue weighted by Gasteiger charge is -2.35. The standard InChI is InChI=1S/C34H35FN6O2/c1-3-21-6-4-7-22-12-26(42)13-27(31(21)22)28-14-29-30(20(2)36-28)32(40-17-24-8-9-25(18-40)37-24)39-33(38-29)43-19-34-10-5-11-41(34)16-23(35)15-34/h1,4,6-7,12-14,23-25,37,42H,5,8-11,15-19H2,2H3/t23-,24?,25?,34+/m1/s1. The van der Waals surface area contributed by atoms with E-state index in [1.165, 1.54) is 0 Å². The Morgan fingerprint density at radius 1 is 1.12 bits per heavy atom. The molecule has 43 heavy (non-hydrogen) atoms. The number of nitrogens with one attached hydrogen (secondary N) is 1. The fraction of sp³-hybridized carbons (Fsp3) is 0.441. The van der Waals surface area contributed by atoms with E-state index >= 15 is 0 Å². The number of halogens is 1.